The molecule has 3 aromatic rings. The maximum absolute atomic E-state index is 12.4. The SMILES string of the molecule is CCCc1c(OCC(O)COc2ccc3c(=O)cc(C(=O)O)[nH]c3c2CCC)ccc(C(C)=O)c1O. The van der Waals surface area contributed by atoms with Crippen LogP contribution in [0, 0.1) is 0 Å². The Balaban J connectivity index is 1.78. The van der Waals surface area contributed by atoms with Gasteiger partial charge in [0.15, 0.2) is 11.2 Å². The van der Waals surface area contributed by atoms with E-state index in [1.54, 1.807) is 18.2 Å². The molecule has 0 aliphatic rings. The fourth-order valence-corrected chi connectivity index (χ4v) is 4.05. The number of phenolic OH excluding ortho intramolecular Hbond substituents is 1. The fourth-order valence-electron chi connectivity index (χ4n) is 4.05. The molecule has 9 nitrogen and oxygen atoms in total. The number of hydrogen-bond donors (Lipinski definition) is 4. The lowest BCUT2D eigenvalue weighted by Crippen LogP contribution is -2.25. The summed E-state index contributed by atoms with van der Waals surface area (Å²) in [7, 11) is 0. The van der Waals surface area contributed by atoms with Gasteiger partial charge in [-0.25, -0.2) is 4.79 Å². The van der Waals surface area contributed by atoms with E-state index in [2.05, 4.69) is 4.98 Å². The number of aromatic carboxylic acids is 1. The van der Waals surface area contributed by atoms with Gasteiger partial charge in [-0.3, -0.25) is 9.59 Å². The van der Waals surface area contributed by atoms with Gasteiger partial charge in [-0.05, 0) is 44.0 Å². The van der Waals surface area contributed by atoms with Crippen molar-refractivity contribution in [2.24, 2.45) is 0 Å². The minimum atomic E-state index is -1.24. The summed E-state index contributed by atoms with van der Waals surface area (Å²) in [5.74, 6) is -0.783. The number of aromatic hydroxyl groups is 1. The third kappa shape index (κ3) is 5.85. The molecule has 0 amide bonds. The number of rotatable bonds is 12. The molecule has 2 aromatic carbocycles. The first-order valence-electron chi connectivity index (χ1n) is 11.9. The highest BCUT2D eigenvalue weighted by Gasteiger charge is 2.18. The van der Waals surface area contributed by atoms with Gasteiger partial charge in [0.1, 0.15) is 42.3 Å². The number of H-pyrrole nitrogens is 1. The van der Waals surface area contributed by atoms with Crippen molar-refractivity contribution in [2.45, 2.75) is 52.6 Å². The van der Waals surface area contributed by atoms with Crippen molar-refractivity contribution in [1.29, 1.82) is 0 Å². The summed E-state index contributed by atoms with van der Waals surface area (Å²) in [5.41, 5.74) is 1.17. The number of phenols is 1. The summed E-state index contributed by atoms with van der Waals surface area (Å²) in [6, 6.07) is 7.35. The second kappa shape index (κ2) is 11.7. The Morgan fingerprint density at radius 2 is 1.56 bits per heavy atom. The van der Waals surface area contributed by atoms with Gasteiger partial charge >= 0.3 is 5.97 Å². The summed E-state index contributed by atoms with van der Waals surface area (Å²) < 4.78 is 11.6. The van der Waals surface area contributed by atoms with Crippen molar-refractivity contribution in [3.05, 3.63) is 62.9 Å². The normalized spacial score (nSPS) is 11.9. The van der Waals surface area contributed by atoms with Gasteiger partial charge < -0.3 is 29.8 Å². The predicted molar refractivity (Wildman–Crippen MR) is 135 cm³/mol. The Morgan fingerprint density at radius 1 is 0.972 bits per heavy atom. The minimum Gasteiger partial charge on any atom is -0.507 e. The fraction of sp³-hybridized carbons (Fsp3) is 0.370. The van der Waals surface area contributed by atoms with Gasteiger partial charge in [-0.2, -0.15) is 0 Å². The number of benzene rings is 2. The van der Waals surface area contributed by atoms with Crippen LogP contribution in [-0.2, 0) is 12.8 Å². The average molecular weight is 498 g/mol. The number of carboxylic acid groups (broad SMARTS) is 1. The summed E-state index contributed by atoms with van der Waals surface area (Å²) >= 11 is 0. The molecule has 0 aliphatic carbocycles. The number of ketones is 1. The van der Waals surface area contributed by atoms with Crippen molar-refractivity contribution in [3.8, 4) is 17.2 Å². The molecule has 1 heterocycles. The number of aliphatic hydroxyl groups is 1. The number of aromatic nitrogens is 1. The third-order valence-electron chi connectivity index (χ3n) is 5.78. The highest BCUT2D eigenvalue weighted by Crippen LogP contribution is 2.33. The van der Waals surface area contributed by atoms with E-state index < -0.39 is 17.5 Å². The van der Waals surface area contributed by atoms with E-state index in [4.69, 9.17) is 9.47 Å². The van der Waals surface area contributed by atoms with Gasteiger partial charge in [0.05, 0.1) is 11.1 Å². The maximum Gasteiger partial charge on any atom is 0.352 e. The number of carbonyl (C=O) groups is 2. The predicted octanol–water partition coefficient (Wildman–Crippen LogP) is 3.86. The number of carbonyl (C=O) groups excluding carboxylic acids is 1. The lowest BCUT2D eigenvalue weighted by molar-refractivity contribution is 0.0619. The topological polar surface area (TPSA) is 146 Å². The molecule has 1 atom stereocenters. The van der Waals surface area contributed by atoms with E-state index in [1.165, 1.54) is 13.0 Å². The first-order valence-corrected chi connectivity index (χ1v) is 11.9. The van der Waals surface area contributed by atoms with Crippen LogP contribution >= 0.6 is 0 Å². The van der Waals surface area contributed by atoms with Gasteiger partial charge in [-0.15, -0.1) is 0 Å². The summed E-state index contributed by atoms with van der Waals surface area (Å²) in [5, 5.41) is 30.7. The number of fused-ring (bicyclic) bond motifs is 1. The molecule has 0 saturated heterocycles. The standard InChI is InChI=1S/C27H31NO8/c1-4-6-19-23(11-9-18-22(31)12-21(27(33)34)28-25(18)19)35-13-16(30)14-36-24-10-8-17(15(3)29)26(32)20(24)7-5-2/h8-12,16,30,32H,4-7,13-14H2,1-3H3,(H,28,31)(H,33,34). The Morgan fingerprint density at radius 3 is 2.14 bits per heavy atom. The van der Waals surface area contributed by atoms with Crippen LogP contribution < -0.4 is 14.9 Å². The monoisotopic (exact) mass is 497 g/mol. The molecule has 0 aliphatic heterocycles. The van der Waals surface area contributed by atoms with E-state index in [1.807, 2.05) is 13.8 Å². The number of aromatic amines is 1. The van der Waals surface area contributed by atoms with Crippen LogP contribution in [0.4, 0.5) is 0 Å². The van der Waals surface area contributed by atoms with Crippen LogP contribution in [0.25, 0.3) is 10.9 Å². The molecule has 192 valence electrons. The third-order valence-corrected chi connectivity index (χ3v) is 5.78. The smallest absolute Gasteiger partial charge is 0.352 e. The molecule has 3 rings (SSSR count). The van der Waals surface area contributed by atoms with Crippen LogP contribution in [0.15, 0.2) is 35.1 Å². The van der Waals surface area contributed by atoms with Crippen molar-refractivity contribution < 1.29 is 34.4 Å². The Hall–Kier alpha value is -3.85. The zero-order valence-corrected chi connectivity index (χ0v) is 20.6. The lowest BCUT2D eigenvalue weighted by atomic mass is 10.0. The first-order chi connectivity index (χ1) is 17.2. The summed E-state index contributed by atoms with van der Waals surface area (Å²) in [4.78, 5) is 38.4. The van der Waals surface area contributed by atoms with Gasteiger partial charge in [0, 0.05) is 22.6 Å². The number of Topliss-reactive ketones (excluding diaryl/α,β-unsaturated/α-hetero) is 1. The van der Waals surface area contributed by atoms with Crippen molar-refractivity contribution in [3.63, 3.8) is 0 Å². The van der Waals surface area contributed by atoms with Crippen LogP contribution in [0.1, 0.15) is 65.6 Å². The van der Waals surface area contributed by atoms with Crippen molar-refractivity contribution in [2.75, 3.05) is 13.2 Å². The molecule has 0 radical (unpaired) electrons. The average Bonchev–Trinajstić information content (AvgIpc) is 2.83. The number of nitrogens with one attached hydrogen (secondary N) is 1. The van der Waals surface area contributed by atoms with Crippen LogP contribution in [0.2, 0.25) is 0 Å². The van der Waals surface area contributed by atoms with E-state index in [0.29, 0.717) is 46.4 Å². The largest absolute Gasteiger partial charge is 0.507 e. The highest BCUT2D eigenvalue weighted by molar-refractivity contribution is 5.97. The first kappa shape index (κ1) is 26.7. The van der Waals surface area contributed by atoms with Crippen molar-refractivity contribution in [1.82, 2.24) is 4.98 Å². The number of aliphatic hydroxyl groups excluding tert-OH is 1. The van der Waals surface area contributed by atoms with Gasteiger partial charge in [0.25, 0.3) is 0 Å². The van der Waals surface area contributed by atoms with Crippen molar-refractivity contribution >= 4 is 22.7 Å². The Bertz CT molecular complexity index is 1330. The molecular weight excluding hydrogens is 466 g/mol. The molecular formula is C27H31NO8. The van der Waals surface area contributed by atoms with Gasteiger partial charge in [0.2, 0.25) is 0 Å². The molecule has 0 fully saturated rings. The number of aryl methyl sites for hydroxylation is 1. The number of hydrogen-bond acceptors (Lipinski definition) is 7. The zero-order valence-electron chi connectivity index (χ0n) is 20.6. The van der Waals surface area contributed by atoms with Crippen LogP contribution in [-0.4, -0.2) is 51.4 Å². The van der Waals surface area contributed by atoms with E-state index in [0.717, 1.165) is 18.9 Å². The number of pyridine rings is 1. The molecule has 1 aromatic heterocycles. The number of carboxylic acids is 1. The maximum atomic E-state index is 12.4. The molecule has 1 unspecified atom stereocenters. The summed E-state index contributed by atoms with van der Waals surface area (Å²) in [6.07, 6.45) is 1.46. The Kier molecular flexibility index (Phi) is 8.71. The van der Waals surface area contributed by atoms with E-state index >= 15 is 0 Å². The lowest BCUT2D eigenvalue weighted by Gasteiger charge is -2.19. The second-order valence-electron chi connectivity index (χ2n) is 8.59. The second-order valence-corrected chi connectivity index (χ2v) is 8.59. The molecule has 9 heteroatoms. The molecule has 0 bridgehead atoms. The number of ether oxygens (including phenoxy) is 2. The molecule has 0 spiro atoms. The molecule has 4 N–H and O–H groups in total. The minimum absolute atomic E-state index is 0.109. The zero-order chi connectivity index (χ0) is 26.4. The van der Waals surface area contributed by atoms with E-state index in [9.17, 15) is 29.7 Å². The van der Waals surface area contributed by atoms with Crippen LogP contribution in [0.5, 0.6) is 17.2 Å². The molecule has 0 saturated carbocycles. The van der Waals surface area contributed by atoms with Gasteiger partial charge in [-0.1, -0.05) is 26.7 Å². The van der Waals surface area contributed by atoms with E-state index in [-0.39, 0.29) is 36.0 Å². The molecule has 36 heavy (non-hydrogen) atoms. The Labute approximate surface area is 208 Å². The quantitative estimate of drug-likeness (QED) is 0.276. The van der Waals surface area contributed by atoms with Crippen LogP contribution in [0.3, 0.4) is 0 Å². The summed E-state index contributed by atoms with van der Waals surface area (Å²) in [6.45, 7) is 5.03. The highest BCUT2D eigenvalue weighted by atomic mass is 16.5.